The summed E-state index contributed by atoms with van der Waals surface area (Å²) in [6, 6.07) is 19.8. The van der Waals surface area contributed by atoms with Crippen LogP contribution < -0.4 is 5.32 Å². The molecule has 0 heterocycles. The molecular formula is C27H23NO4. The van der Waals surface area contributed by atoms with Crippen molar-refractivity contribution in [2.24, 2.45) is 0 Å². The van der Waals surface area contributed by atoms with Gasteiger partial charge in [-0.1, -0.05) is 60.4 Å². The monoisotopic (exact) mass is 425 g/mol. The lowest BCUT2D eigenvalue weighted by Gasteiger charge is -2.14. The highest BCUT2D eigenvalue weighted by molar-refractivity contribution is 5.91. The van der Waals surface area contributed by atoms with Crippen LogP contribution in [0.2, 0.25) is 0 Å². The molecule has 32 heavy (non-hydrogen) atoms. The summed E-state index contributed by atoms with van der Waals surface area (Å²) >= 11 is 0. The molecule has 1 amide bonds. The van der Waals surface area contributed by atoms with E-state index in [4.69, 9.17) is 4.74 Å². The first kappa shape index (κ1) is 21.2. The van der Waals surface area contributed by atoms with Crippen LogP contribution in [0.15, 0.2) is 60.7 Å². The molecule has 0 aliphatic heterocycles. The molecule has 0 radical (unpaired) electrons. The summed E-state index contributed by atoms with van der Waals surface area (Å²) in [4.78, 5) is 23.5. The van der Waals surface area contributed by atoms with Crippen molar-refractivity contribution < 1.29 is 19.4 Å². The number of fused-ring (bicyclic) bond motifs is 3. The molecule has 160 valence electrons. The maximum Gasteiger partial charge on any atom is 0.407 e. The number of rotatable bonds is 4. The van der Waals surface area contributed by atoms with Gasteiger partial charge in [0.2, 0.25) is 0 Å². The van der Waals surface area contributed by atoms with Crippen molar-refractivity contribution in [1.29, 1.82) is 0 Å². The molecule has 0 aromatic heterocycles. The fourth-order valence-corrected chi connectivity index (χ4v) is 4.29. The standard InChI is InChI=1S/C27H23NO4/c1-17-14-19(15-18(2)25(17)26(29)30)8-7-13-28-27(31)32-16-24-22-11-5-3-9-20(22)21-10-4-6-12-23(21)24/h3-6,9-12,14-15,24H,13,16H2,1-2H3,(H,28,31)(H,29,30). The Bertz CT molecular complexity index is 1200. The van der Waals surface area contributed by atoms with Gasteiger partial charge in [0, 0.05) is 11.5 Å². The molecule has 0 fully saturated rings. The van der Waals surface area contributed by atoms with Crippen molar-refractivity contribution >= 4 is 12.1 Å². The molecule has 5 heteroatoms. The largest absolute Gasteiger partial charge is 0.478 e. The number of ether oxygens (including phenoxy) is 1. The molecule has 5 nitrogen and oxygen atoms in total. The van der Waals surface area contributed by atoms with Crippen LogP contribution in [0, 0.1) is 25.7 Å². The fraction of sp³-hybridized carbons (Fsp3) is 0.185. The number of carboxylic acid groups (broad SMARTS) is 1. The van der Waals surface area contributed by atoms with Crippen LogP contribution in [-0.4, -0.2) is 30.3 Å². The number of benzene rings is 3. The van der Waals surface area contributed by atoms with Gasteiger partial charge < -0.3 is 15.2 Å². The Balaban J connectivity index is 1.35. The fourth-order valence-electron chi connectivity index (χ4n) is 4.29. The molecule has 3 aromatic carbocycles. The molecule has 0 bridgehead atoms. The van der Waals surface area contributed by atoms with Crippen LogP contribution >= 0.6 is 0 Å². The molecule has 0 spiro atoms. The number of carboxylic acids is 1. The number of carbonyl (C=O) groups excluding carboxylic acids is 1. The van der Waals surface area contributed by atoms with Crippen LogP contribution in [0.4, 0.5) is 4.79 Å². The molecule has 0 unspecified atom stereocenters. The van der Waals surface area contributed by atoms with Crippen LogP contribution in [0.3, 0.4) is 0 Å². The van der Waals surface area contributed by atoms with Crippen molar-refractivity contribution in [2.45, 2.75) is 19.8 Å². The first-order valence-corrected chi connectivity index (χ1v) is 10.4. The minimum Gasteiger partial charge on any atom is -0.478 e. The molecule has 3 aromatic rings. The summed E-state index contributed by atoms with van der Waals surface area (Å²) in [5.74, 6) is 4.91. The smallest absolute Gasteiger partial charge is 0.407 e. The van der Waals surface area contributed by atoms with Gasteiger partial charge in [0.15, 0.2) is 0 Å². The van der Waals surface area contributed by atoms with Crippen molar-refractivity contribution in [3.63, 3.8) is 0 Å². The number of nitrogens with one attached hydrogen (secondary N) is 1. The van der Waals surface area contributed by atoms with E-state index in [0.29, 0.717) is 22.3 Å². The van der Waals surface area contributed by atoms with E-state index in [-0.39, 0.29) is 19.1 Å². The van der Waals surface area contributed by atoms with Gasteiger partial charge in [-0.05, 0) is 59.4 Å². The van der Waals surface area contributed by atoms with E-state index in [9.17, 15) is 14.7 Å². The van der Waals surface area contributed by atoms with E-state index in [0.717, 1.165) is 11.1 Å². The van der Waals surface area contributed by atoms with Gasteiger partial charge in [-0.2, -0.15) is 0 Å². The number of amides is 1. The Labute approximate surface area is 187 Å². The third-order valence-electron chi connectivity index (χ3n) is 5.64. The van der Waals surface area contributed by atoms with Gasteiger partial charge in [-0.25, -0.2) is 9.59 Å². The van der Waals surface area contributed by atoms with E-state index in [1.807, 2.05) is 24.3 Å². The summed E-state index contributed by atoms with van der Waals surface area (Å²) in [7, 11) is 0. The first-order chi connectivity index (χ1) is 15.5. The van der Waals surface area contributed by atoms with E-state index in [2.05, 4.69) is 41.4 Å². The molecule has 0 saturated carbocycles. The lowest BCUT2D eigenvalue weighted by atomic mass is 9.98. The van der Waals surface area contributed by atoms with E-state index in [1.54, 1.807) is 26.0 Å². The first-order valence-electron chi connectivity index (χ1n) is 10.4. The van der Waals surface area contributed by atoms with E-state index >= 15 is 0 Å². The van der Waals surface area contributed by atoms with Gasteiger partial charge in [-0.15, -0.1) is 0 Å². The lowest BCUT2D eigenvalue weighted by Crippen LogP contribution is -2.26. The van der Waals surface area contributed by atoms with Crippen LogP contribution in [0.1, 0.15) is 44.1 Å². The van der Waals surface area contributed by atoms with E-state index < -0.39 is 12.1 Å². The van der Waals surface area contributed by atoms with Crippen LogP contribution in [0.5, 0.6) is 0 Å². The second-order valence-corrected chi connectivity index (χ2v) is 7.77. The zero-order valence-corrected chi connectivity index (χ0v) is 17.9. The zero-order chi connectivity index (χ0) is 22.7. The molecule has 0 atom stereocenters. The Morgan fingerprint density at radius 2 is 1.53 bits per heavy atom. The van der Waals surface area contributed by atoms with Crippen molar-refractivity contribution in [1.82, 2.24) is 5.32 Å². The second kappa shape index (κ2) is 8.99. The average Bonchev–Trinajstić information content (AvgIpc) is 3.08. The summed E-state index contributed by atoms with van der Waals surface area (Å²) in [5.41, 5.74) is 7.02. The molecular weight excluding hydrogens is 402 g/mol. The third-order valence-corrected chi connectivity index (χ3v) is 5.64. The Hall–Kier alpha value is -4.04. The molecule has 2 N–H and O–H groups in total. The Morgan fingerprint density at radius 1 is 0.969 bits per heavy atom. The van der Waals surface area contributed by atoms with Gasteiger partial charge in [0.25, 0.3) is 0 Å². The highest BCUT2D eigenvalue weighted by Gasteiger charge is 2.28. The maximum atomic E-state index is 12.2. The zero-order valence-electron chi connectivity index (χ0n) is 17.9. The van der Waals surface area contributed by atoms with Crippen molar-refractivity contribution in [2.75, 3.05) is 13.2 Å². The number of carbonyl (C=O) groups is 2. The molecule has 1 aliphatic carbocycles. The van der Waals surface area contributed by atoms with Crippen molar-refractivity contribution in [3.8, 4) is 23.0 Å². The average molecular weight is 425 g/mol. The number of aromatic carboxylic acids is 1. The quantitative estimate of drug-likeness (QED) is 0.584. The number of hydrogen-bond donors (Lipinski definition) is 2. The molecule has 4 rings (SSSR count). The Kier molecular flexibility index (Phi) is 5.96. The summed E-state index contributed by atoms with van der Waals surface area (Å²) in [6.07, 6.45) is -0.519. The van der Waals surface area contributed by atoms with Gasteiger partial charge in [-0.3, -0.25) is 0 Å². The van der Waals surface area contributed by atoms with Gasteiger partial charge in [0.05, 0.1) is 12.1 Å². The highest BCUT2D eigenvalue weighted by Crippen LogP contribution is 2.44. The lowest BCUT2D eigenvalue weighted by molar-refractivity contribution is 0.0695. The summed E-state index contributed by atoms with van der Waals surface area (Å²) < 4.78 is 5.49. The predicted molar refractivity (Wildman–Crippen MR) is 123 cm³/mol. The van der Waals surface area contributed by atoms with Crippen LogP contribution in [-0.2, 0) is 4.74 Å². The normalized spacial score (nSPS) is 11.7. The van der Waals surface area contributed by atoms with Gasteiger partial charge in [0.1, 0.15) is 6.61 Å². The maximum absolute atomic E-state index is 12.2. The summed E-state index contributed by atoms with van der Waals surface area (Å²) in [5, 5.41) is 11.9. The Morgan fingerprint density at radius 3 is 2.09 bits per heavy atom. The molecule has 0 saturated heterocycles. The van der Waals surface area contributed by atoms with Crippen molar-refractivity contribution in [3.05, 3.63) is 94.0 Å². The van der Waals surface area contributed by atoms with Gasteiger partial charge >= 0.3 is 12.1 Å². The number of aryl methyl sites for hydroxylation is 2. The summed E-state index contributed by atoms with van der Waals surface area (Å²) in [6.45, 7) is 3.88. The number of hydrogen-bond acceptors (Lipinski definition) is 3. The minimum atomic E-state index is -0.948. The third kappa shape index (κ3) is 4.21. The second-order valence-electron chi connectivity index (χ2n) is 7.77. The highest BCUT2D eigenvalue weighted by atomic mass is 16.5. The SMILES string of the molecule is Cc1cc(C#CCNC(=O)OCC2c3ccccc3-c3ccccc32)cc(C)c1C(=O)O. The van der Waals surface area contributed by atoms with E-state index in [1.165, 1.54) is 11.1 Å². The number of alkyl carbamates (subject to hydrolysis) is 1. The molecule has 1 aliphatic rings. The minimum absolute atomic E-state index is 0.0120. The van der Waals surface area contributed by atoms with Crippen LogP contribution in [0.25, 0.3) is 11.1 Å². The topological polar surface area (TPSA) is 75.6 Å². The predicted octanol–water partition coefficient (Wildman–Crippen LogP) is 4.89.